The maximum atomic E-state index is 8.90. The minimum Gasteiger partial charge on any atom is -0.395 e. The fraction of sp³-hybridized carbons (Fsp3) is 0.500. The number of aryl methyl sites for hydroxylation is 1. The number of aromatic nitrogens is 2. The molecule has 0 spiro atoms. The summed E-state index contributed by atoms with van der Waals surface area (Å²) in [6.07, 6.45) is 0. The van der Waals surface area contributed by atoms with Gasteiger partial charge in [-0.3, -0.25) is 0 Å². The number of aliphatic hydroxyl groups excluding tert-OH is 1. The van der Waals surface area contributed by atoms with Crippen LogP contribution in [-0.4, -0.2) is 40.5 Å². The molecular weight excluding hydrogens is 224 g/mol. The van der Waals surface area contributed by atoms with E-state index in [1.807, 2.05) is 20.9 Å². The second-order valence-corrected chi connectivity index (χ2v) is 4.06. The Labute approximate surface area is 100 Å². The molecule has 0 saturated carbocycles. The zero-order valence-corrected chi connectivity index (χ0v) is 10.5. The molecule has 0 unspecified atom stereocenters. The van der Waals surface area contributed by atoms with Crippen molar-refractivity contribution in [3.63, 3.8) is 0 Å². The molecule has 5 nitrogen and oxygen atoms in total. The Hall–Kier alpha value is -1.27. The third-order valence-corrected chi connectivity index (χ3v) is 2.68. The van der Waals surface area contributed by atoms with Crippen molar-refractivity contribution >= 4 is 23.0 Å². The zero-order valence-electron chi connectivity index (χ0n) is 9.69. The van der Waals surface area contributed by atoms with Crippen LogP contribution in [0.3, 0.4) is 0 Å². The van der Waals surface area contributed by atoms with Gasteiger partial charge < -0.3 is 15.7 Å². The van der Waals surface area contributed by atoms with Crippen molar-refractivity contribution in [3.05, 3.63) is 16.8 Å². The average Bonchev–Trinajstić information content (AvgIpc) is 2.21. The van der Waals surface area contributed by atoms with Gasteiger partial charge in [-0.2, -0.15) is 5.10 Å². The van der Waals surface area contributed by atoms with Crippen LogP contribution in [0.2, 0.25) is 0 Å². The van der Waals surface area contributed by atoms with E-state index < -0.39 is 0 Å². The topological polar surface area (TPSA) is 75.3 Å². The van der Waals surface area contributed by atoms with E-state index in [9.17, 15) is 0 Å². The van der Waals surface area contributed by atoms with Gasteiger partial charge >= 0.3 is 0 Å². The third kappa shape index (κ3) is 2.45. The maximum Gasteiger partial charge on any atom is 0.161 e. The Balaban J connectivity index is 3.28. The normalized spacial score (nSPS) is 10.2. The van der Waals surface area contributed by atoms with Crippen LogP contribution in [0.15, 0.2) is 0 Å². The molecule has 16 heavy (non-hydrogen) atoms. The summed E-state index contributed by atoms with van der Waals surface area (Å²) in [4.78, 5) is 2.09. The Morgan fingerprint density at radius 2 is 2.06 bits per heavy atom. The van der Waals surface area contributed by atoms with Crippen LogP contribution in [-0.2, 0) is 0 Å². The molecule has 1 aromatic heterocycles. The van der Waals surface area contributed by atoms with Gasteiger partial charge in [-0.15, -0.1) is 5.10 Å². The number of thiocarbonyl (C=S) groups is 1. The first kappa shape index (κ1) is 12.8. The van der Waals surface area contributed by atoms with Crippen LogP contribution in [0.1, 0.15) is 16.8 Å². The number of nitrogens with two attached hydrogens (primary N) is 1. The molecule has 0 atom stereocenters. The van der Waals surface area contributed by atoms with Crippen LogP contribution in [0, 0.1) is 13.8 Å². The van der Waals surface area contributed by atoms with E-state index in [4.69, 9.17) is 23.1 Å². The average molecular weight is 240 g/mol. The summed E-state index contributed by atoms with van der Waals surface area (Å²) in [5, 5.41) is 17.0. The SMILES string of the molecule is Cc1nnc(N(C)CCO)c(C(N)=S)c1C. The van der Waals surface area contributed by atoms with Gasteiger partial charge in [-0.1, -0.05) is 12.2 Å². The molecule has 0 fully saturated rings. The molecule has 1 aromatic rings. The molecule has 6 heteroatoms. The van der Waals surface area contributed by atoms with E-state index in [0.717, 1.165) is 16.8 Å². The fourth-order valence-electron chi connectivity index (χ4n) is 1.41. The molecule has 0 aliphatic carbocycles. The van der Waals surface area contributed by atoms with Crippen LogP contribution >= 0.6 is 12.2 Å². The van der Waals surface area contributed by atoms with Gasteiger partial charge in [0, 0.05) is 13.6 Å². The van der Waals surface area contributed by atoms with Crippen molar-refractivity contribution in [1.29, 1.82) is 0 Å². The number of hydrogen-bond acceptors (Lipinski definition) is 5. The Kier molecular flexibility index (Phi) is 4.14. The van der Waals surface area contributed by atoms with Gasteiger partial charge in [0.2, 0.25) is 0 Å². The van der Waals surface area contributed by atoms with Gasteiger partial charge in [0.05, 0.1) is 17.9 Å². The standard InChI is InChI=1S/C10H16N4OS/c1-6-7(2)12-13-10(8(6)9(11)16)14(3)4-5-15/h15H,4-5H2,1-3H3,(H2,11,16). The first-order valence-electron chi connectivity index (χ1n) is 4.94. The summed E-state index contributed by atoms with van der Waals surface area (Å²) in [6.45, 7) is 4.28. The Bertz CT molecular complexity index is 408. The third-order valence-electron chi connectivity index (χ3n) is 2.48. The number of hydrogen-bond donors (Lipinski definition) is 2. The lowest BCUT2D eigenvalue weighted by Crippen LogP contribution is -2.27. The second-order valence-electron chi connectivity index (χ2n) is 3.62. The molecule has 88 valence electrons. The Morgan fingerprint density at radius 3 is 2.56 bits per heavy atom. The molecule has 0 amide bonds. The highest BCUT2D eigenvalue weighted by Crippen LogP contribution is 2.20. The van der Waals surface area contributed by atoms with E-state index >= 15 is 0 Å². The predicted octanol–water partition coefficient (Wildman–Crippen LogP) is 0.156. The number of anilines is 1. The van der Waals surface area contributed by atoms with Crippen molar-refractivity contribution in [3.8, 4) is 0 Å². The van der Waals surface area contributed by atoms with Gasteiger partial charge in [0.25, 0.3) is 0 Å². The second kappa shape index (κ2) is 5.18. The van der Waals surface area contributed by atoms with Gasteiger partial charge in [-0.05, 0) is 19.4 Å². The molecule has 0 aliphatic rings. The highest BCUT2D eigenvalue weighted by Gasteiger charge is 2.16. The lowest BCUT2D eigenvalue weighted by Gasteiger charge is -2.20. The fourth-order valence-corrected chi connectivity index (χ4v) is 1.66. The zero-order chi connectivity index (χ0) is 12.3. The first-order chi connectivity index (χ1) is 7.49. The maximum absolute atomic E-state index is 8.90. The molecule has 0 aliphatic heterocycles. The largest absolute Gasteiger partial charge is 0.395 e. The van der Waals surface area contributed by atoms with Crippen LogP contribution in [0.4, 0.5) is 5.82 Å². The van der Waals surface area contributed by atoms with E-state index in [2.05, 4.69) is 10.2 Å². The van der Waals surface area contributed by atoms with Crippen LogP contribution < -0.4 is 10.6 Å². The minimum absolute atomic E-state index is 0.0435. The molecule has 3 N–H and O–H groups in total. The lowest BCUT2D eigenvalue weighted by molar-refractivity contribution is 0.303. The monoisotopic (exact) mass is 240 g/mol. The minimum atomic E-state index is 0.0435. The number of nitrogens with zero attached hydrogens (tertiary/aromatic N) is 3. The summed E-state index contributed by atoms with van der Waals surface area (Å²) in [5.74, 6) is 0.615. The van der Waals surface area contributed by atoms with Crippen LogP contribution in [0.25, 0.3) is 0 Å². The van der Waals surface area contributed by atoms with Crippen molar-refractivity contribution in [2.24, 2.45) is 5.73 Å². The number of likely N-dealkylation sites (N-methyl/N-ethyl adjacent to an activating group) is 1. The summed E-state index contributed by atoms with van der Waals surface area (Å²) < 4.78 is 0. The quantitative estimate of drug-likeness (QED) is 0.730. The van der Waals surface area contributed by atoms with Gasteiger partial charge in [-0.25, -0.2) is 0 Å². The smallest absolute Gasteiger partial charge is 0.161 e. The summed E-state index contributed by atoms with van der Waals surface area (Å²) in [6, 6.07) is 0. The van der Waals surface area contributed by atoms with Gasteiger partial charge in [0.15, 0.2) is 5.82 Å². The van der Waals surface area contributed by atoms with Crippen LogP contribution in [0.5, 0.6) is 0 Å². The summed E-state index contributed by atoms with van der Waals surface area (Å²) in [5.41, 5.74) is 8.17. The highest BCUT2D eigenvalue weighted by molar-refractivity contribution is 7.80. The van der Waals surface area contributed by atoms with Crippen molar-refractivity contribution in [2.75, 3.05) is 25.1 Å². The molecule has 0 saturated heterocycles. The Morgan fingerprint density at radius 1 is 1.44 bits per heavy atom. The van der Waals surface area contributed by atoms with E-state index in [1.165, 1.54) is 0 Å². The summed E-state index contributed by atoms with van der Waals surface area (Å²) in [7, 11) is 1.82. The number of rotatable bonds is 4. The molecule has 0 aromatic carbocycles. The molecule has 0 bridgehead atoms. The molecule has 0 radical (unpaired) electrons. The van der Waals surface area contributed by atoms with Crippen molar-refractivity contribution < 1.29 is 5.11 Å². The predicted molar refractivity (Wildman–Crippen MR) is 67.7 cm³/mol. The van der Waals surface area contributed by atoms with Gasteiger partial charge in [0.1, 0.15) is 4.99 Å². The number of aliphatic hydroxyl groups is 1. The molecular formula is C10H16N4OS. The van der Waals surface area contributed by atoms with Crippen molar-refractivity contribution in [2.45, 2.75) is 13.8 Å². The van der Waals surface area contributed by atoms with E-state index in [-0.39, 0.29) is 6.61 Å². The summed E-state index contributed by atoms with van der Waals surface area (Å²) >= 11 is 5.02. The molecule has 1 rings (SSSR count). The van der Waals surface area contributed by atoms with Crippen molar-refractivity contribution in [1.82, 2.24) is 10.2 Å². The molecule has 1 heterocycles. The van der Waals surface area contributed by atoms with E-state index in [0.29, 0.717) is 17.4 Å². The highest BCUT2D eigenvalue weighted by atomic mass is 32.1. The lowest BCUT2D eigenvalue weighted by atomic mass is 10.1. The first-order valence-corrected chi connectivity index (χ1v) is 5.35. The van der Waals surface area contributed by atoms with E-state index in [1.54, 1.807) is 4.90 Å².